The molecule has 18 heavy (non-hydrogen) atoms. The van der Waals surface area contributed by atoms with Gasteiger partial charge in [0, 0.05) is 24.8 Å². The SMILES string of the molecule is CCC(CCO)NCc1ccccc1OCC#N. The van der Waals surface area contributed by atoms with Gasteiger partial charge in [0.25, 0.3) is 0 Å². The molecule has 0 aromatic heterocycles. The van der Waals surface area contributed by atoms with Crippen molar-refractivity contribution < 1.29 is 9.84 Å². The van der Waals surface area contributed by atoms with Crippen molar-refractivity contribution in [2.45, 2.75) is 32.4 Å². The van der Waals surface area contributed by atoms with Gasteiger partial charge in [0.05, 0.1) is 0 Å². The summed E-state index contributed by atoms with van der Waals surface area (Å²) in [6, 6.07) is 9.95. The van der Waals surface area contributed by atoms with Crippen LogP contribution in [0.5, 0.6) is 5.75 Å². The lowest BCUT2D eigenvalue weighted by Crippen LogP contribution is -2.29. The predicted molar refractivity (Wildman–Crippen MR) is 70.2 cm³/mol. The number of para-hydroxylation sites is 1. The molecule has 0 radical (unpaired) electrons. The Labute approximate surface area is 108 Å². The average molecular weight is 248 g/mol. The highest BCUT2D eigenvalue weighted by Gasteiger charge is 2.07. The fourth-order valence-electron chi connectivity index (χ4n) is 1.76. The summed E-state index contributed by atoms with van der Waals surface area (Å²) >= 11 is 0. The van der Waals surface area contributed by atoms with Gasteiger partial charge in [0.1, 0.15) is 11.8 Å². The lowest BCUT2D eigenvalue weighted by atomic mass is 10.1. The number of ether oxygens (including phenoxy) is 1. The third-order valence-electron chi connectivity index (χ3n) is 2.82. The second-order valence-electron chi connectivity index (χ2n) is 4.05. The van der Waals surface area contributed by atoms with E-state index in [0.29, 0.717) is 12.6 Å². The highest BCUT2D eigenvalue weighted by Crippen LogP contribution is 2.18. The maximum Gasteiger partial charge on any atom is 0.174 e. The van der Waals surface area contributed by atoms with Gasteiger partial charge in [-0.15, -0.1) is 0 Å². The van der Waals surface area contributed by atoms with Crippen molar-refractivity contribution in [2.75, 3.05) is 13.2 Å². The lowest BCUT2D eigenvalue weighted by molar-refractivity contribution is 0.261. The fourth-order valence-corrected chi connectivity index (χ4v) is 1.76. The van der Waals surface area contributed by atoms with Crippen molar-refractivity contribution >= 4 is 0 Å². The monoisotopic (exact) mass is 248 g/mol. The number of hydrogen-bond acceptors (Lipinski definition) is 4. The summed E-state index contributed by atoms with van der Waals surface area (Å²) < 4.78 is 5.36. The quantitative estimate of drug-likeness (QED) is 0.736. The minimum absolute atomic E-state index is 0.0604. The van der Waals surface area contributed by atoms with Crippen LogP contribution in [-0.2, 0) is 6.54 Å². The van der Waals surface area contributed by atoms with Gasteiger partial charge < -0.3 is 15.2 Å². The molecule has 4 heteroatoms. The zero-order chi connectivity index (χ0) is 13.2. The number of rotatable bonds is 8. The molecule has 0 spiro atoms. The Hall–Kier alpha value is -1.57. The summed E-state index contributed by atoms with van der Waals surface area (Å²) in [7, 11) is 0. The molecular weight excluding hydrogens is 228 g/mol. The van der Waals surface area contributed by atoms with Crippen LogP contribution in [0.25, 0.3) is 0 Å². The van der Waals surface area contributed by atoms with Gasteiger partial charge >= 0.3 is 0 Å². The van der Waals surface area contributed by atoms with Gasteiger partial charge in [0.15, 0.2) is 6.61 Å². The molecule has 1 unspecified atom stereocenters. The van der Waals surface area contributed by atoms with E-state index in [4.69, 9.17) is 15.1 Å². The number of aliphatic hydroxyl groups is 1. The molecule has 1 rings (SSSR count). The van der Waals surface area contributed by atoms with Gasteiger partial charge in [-0.3, -0.25) is 0 Å². The predicted octanol–water partition coefficient (Wildman–Crippen LogP) is 1.84. The number of benzene rings is 1. The van der Waals surface area contributed by atoms with E-state index >= 15 is 0 Å². The van der Waals surface area contributed by atoms with Crippen LogP contribution >= 0.6 is 0 Å². The van der Waals surface area contributed by atoms with Crippen molar-refractivity contribution in [1.82, 2.24) is 5.32 Å². The molecule has 0 amide bonds. The minimum Gasteiger partial charge on any atom is -0.478 e. The van der Waals surface area contributed by atoms with Gasteiger partial charge in [-0.25, -0.2) is 0 Å². The van der Waals surface area contributed by atoms with Gasteiger partial charge in [-0.05, 0) is 18.9 Å². The molecule has 0 bridgehead atoms. The molecule has 1 aromatic carbocycles. The molecule has 0 aliphatic rings. The molecule has 1 aromatic rings. The Morgan fingerprint density at radius 2 is 2.22 bits per heavy atom. The number of hydrogen-bond donors (Lipinski definition) is 2. The minimum atomic E-state index is 0.0604. The summed E-state index contributed by atoms with van der Waals surface area (Å²) in [4.78, 5) is 0. The van der Waals surface area contributed by atoms with Gasteiger partial charge in [-0.2, -0.15) is 5.26 Å². The number of aliphatic hydroxyl groups excluding tert-OH is 1. The molecule has 0 aliphatic carbocycles. The van der Waals surface area contributed by atoms with Crippen molar-refractivity contribution in [3.8, 4) is 11.8 Å². The zero-order valence-corrected chi connectivity index (χ0v) is 10.7. The van der Waals surface area contributed by atoms with E-state index in [1.165, 1.54) is 0 Å². The number of nitrogens with zero attached hydrogens (tertiary/aromatic N) is 1. The standard InChI is InChI=1S/C14H20N2O2/c1-2-13(7-9-17)16-11-12-5-3-4-6-14(12)18-10-8-15/h3-6,13,16-17H,2,7,9-11H2,1H3. The van der Waals surface area contributed by atoms with E-state index in [-0.39, 0.29) is 13.2 Å². The normalized spacial score (nSPS) is 11.8. The van der Waals surface area contributed by atoms with Crippen molar-refractivity contribution in [2.24, 2.45) is 0 Å². The third kappa shape index (κ3) is 4.74. The van der Waals surface area contributed by atoms with Crippen molar-refractivity contribution in [1.29, 1.82) is 5.26 Å². The molecule has 1 atom stereocenters. The van der Waals surface area contributed by atoms with E-state index in [1.54, 1.807) is 0 Å². The summed E-state index contributed by atoms with van der Waals surface area (Å²) in [5, 5.41) is 20.8. The number of nitriles is 1. The highest BCUT2D eigenvalue weighted by atomic mass is 16.5. The maximum atomic E-state index is 8.93. The van der Waals surface area contributed by atoms with Crippen LogP contribution < -0.4 is 10.1 Å². The summed E-state index contributed by atoms with van der Waals surface area (Å²) in [6.07, 6.45) is 1.72. The van der Waals surface area contributed by atoms with Crippen molar-refractivity contribution in [3.05, 3.63) is 29.8 Å². The Morgan fingerprint density at radius 3 is 2.89 bits per heavy atom. The van der Waals surface area contributed by atoms with E-state index < -0.39 is 0 Å². The molecule has 0 saturated heterocycles. The van der Waals surface area contributed by atoms with Crippen molar-refractivity contribution in [3.63, 3.8) is 0 Å². The first-order valence-corrected chi connectivity index (χ1v) is 6.23. The van der Waals surface area contributed by atoms with Gasteiger partial charge in [-0.1, -0.05) is 25.1 Å². The molecule has 98 valence electrons. The van der Waals surface area contributed by atoms with Crippen LogP contribution in [0.4, 0.5) is 0 Å². The second-order valence-corrected chi connectivity index (χ2v) is 4.05. The average Bonchev–Trinajstić information content (AvgIpc) is 2.42. The largest absolute Gasteiger partial charge is 0.478 e. The van der Waals surface area contributed by atoms with Crippen LogP contribution in [-0.4, -0.2) is 24.4 Å². The first-order chi connectivity index (χ1) is 8.81. The first kappa shape index (κ1) is 14.5. The Balaban J connectivity index is 2.57. The molecule has 0 saturated carbocycles. The molecule has 0 heterocycles. The Bertz CT molecular complexity index is 388. The highest BCUT2D eigenvalue weighted by molar-refractivity contribution is 5.33. The Morgan fingerprint density at radius 1 is 1.44 bits per heavy atom. The Kier molecular flexibility index (Phi) is 6.85. The van der Waals surface area contributed by atoms with E-state index in [2.05, 4.69) is 12.2 Å². The topological polar surface area (TPSA) is 65.3 Å². The van der Waals surface area contributed by atoms with Crippen LogP contribution in [0, 0.1) is 11.3 Å². The number of nitrogens with one attached hydrogen (secondary N) is 1. The molecule has 0 fully saturated rings. The maximum absolute atomic E-state index is 8.93. The van der Waals surface area contributed by atoms with E-state index in [1.807, 2.05) is 30.3 Å². The molecule has 2 N–H and O–H groups in total. The summed E-state index contributed by atoms with van der Waals surface area (Å²) in [5.74, 6) is 0.741. The lowest BCUT2D eigenvalue weighted by Gasteiger charge is -2.17. The van der Waals surface area contributed by atoms with E-state index in [9.17, 15) is 0 Å². The van der Waals surface area contributed by atoms with E-state index in [0.717, 1.165) is 24.2 Å². The third-order valence-corrected chi connectivity index (χ3v) is 2.82. The summed E-state index contributed by atoms with van der Waals surface area (Å²) in [5.41, 5.74) is 1.03. The second kappa shape index (κ2) is 8.51. The molecule has 0 aliphatic heterocycles. The molecular formula is C14H20N2O2. The zero-order valence-electron chi connectivity index (χ0n) is 10.7. The summed E-state index contributed by atoms with van der Waals surface area (Å²) in [6.45, 7) is 3.02. The fraction of sp³-hybridized carbons (Fsp3) is 0.500. The van der Waals surface area contributed by atoms with Crippen LogP contribution in [0.15, 0.2) is 24.3 Å². The van der Waals surface area contributed by atoms with Crippen LogP contribution in [0.1, 0.15) is 25.3 Å². The smallest absolute Gasteiger partial charge is 0.174 e. The van der Waals surface area contributed by atoms with Gasteiger partial charge in [0.2, 0.25) is 0 Å². The van der Waals surface area contributed by atoms with Crippen LogP contribution in [0.3, 0.4) is 0 Å². The molecule has 4 nitrogen and oxygen atoms in total. The first-order valence-electron chi connectivity index (χ1n) is 6.23. The van der Waals surface area contributed by atoms with Crippen LogP contribution in [0.2, 0.25) is 0 Å².